The Hall–Kier alpha value is -3.09. The van der Waals surface area contributed by atoms with Crippen molar-refractivity contribution in [3.8, 4) is 5.75 Å². The fourth-order valence-corrected chi connectivity index (χ4v) is 3.45. The van der Waals surface area contributed by atoms with E-state index in [4.69, 9.17) is 9.15 Å². The number of aromatic nitrogens is 3. The normalized spacial score (nSPS) is 17.0. The smallest absolute Gasteiger partial charge is 0.289 e. The van der Waals surface area contributed by atoms with E-state index in [1.165, 1.54) is 0 Å². The molecule has 0 spiro atoms. The third-order valence-electron chi connectivity index (χ3n) is 4.80. The Morgan fingerprint density at radius 2 is 2.15 bits per heavy atom. The molecule has 1 aromatic carbocycles. The van der Waals surface area contributed by atoms with Crippen LogP contribution in [0, 0.1) is 5.92 Å². The average molecular weight is 366 g/mol. The second-order valence-corrected chi connectivity index (χ2v) is 6.76. The molecule has 0 saturated carbocycles. The Kier molecular flexibility index (Phi) is 5.18. The van der Waals surface area contributed by atoms with E-state index in [-0.39, 0.29) is 5.91 Å². The number of hydrogen-bond donors (Lipinski definition) is 0. The summed E-state index contributed by atoms with van der Waals surface area (Å²) in [4.78, 5) is 14.9. The molecule has 7 nitrogen and oxygen atoms in total. The molecule has 2 aromatic heterocycles. The average Bonchev–Trinajstić information content (AvgIpc) is 3.39. The van der Waals surface area contributed by atoms with Gasteiger partial charge < -0.3 is 14.1 Å². The van der Waals surface area contributed by atoms with E-state index in [2.05, 4.69) is 10.3 Å². The van der Waals surface area contributed by atoms with E-state index in [0.29, 0.717) is 24.8 Å². The summed E-state index contributed by atoms with van der Waals surface area (Å²) >= 11 is 0. The lowest BCUT2D eigenvalue weighted by atomic mass is 9.97. The molecule has 0 bridgehead atoms. The maximum absolute atomic E-state index is 13.0. The van der Waals surface area contributed by atoms with Gasteiger partial charge in [0.25, 0.3) is 5.91 Å². The zero-order valence-corrected chi connectivity index (χ0v) is 15.0. The third kappa shape index (κ3) is 4.19. The van der Waals surface area contributed by atoms with Crippen LogP contribution in [-0.2, 0) is 13.2 Å². The van der Waals surface area contributed by atoms with Crippen LogP contribution in [0.1, 0.15) is 29.0 Å². The monoisotopic (exact) mass is 366 g/mol. The topological polar surface area (TPSA) is 73.4 Å². The fraction of sp³-hybridized carbons (Fsp3) is 0.350. The van der Waals surface area contributed by atoms with Gasteiger partial charge in [-0.15, -0.1) is 5.10 Å². The first-order valence-corrected chi connectivity index (χ1v) is 9.17. The number of carbonyl (C=O) groups excluding carboxylic acids is 1. The summed E-state index contributed by atoms with van der Waals surface area (Å²) in [7, 11) is 0. The first-order valence-electron chi connectivity index (χ1n) is 9.17. The molecule has 1 aliphatic rings. The molecule has 1 atom stereocenters. The molecule has 1 amide bonds. The van der Waals surface area contributed by atoms with Gasteiger partial charge in [0.05, 0.1) is 12.5 Å². The van der Waals surface area contributed by atoms with Gasteiger partial charge in [-0.25, -0.2) is 0 Å². The summed E-state index contributed by atoms with van der Waals surface area (Å²) in [5.74, 6) is 1.42. The van der Waals surface area contributed by atoms with Gasteiger partial charge in [-0.1, -0.05) is 23.4 Å². The molecule has 1 aliphatic heterocycles. The zero-order valence-electron chi connectivity index (χ0n) is 15.0. The molecule has 1 saturated heterocycles. The predicted molar refractivity (Wildman–Crippen MR) is 98.1 cm³/mol. The summed E-state index contributed by atoms with van der Waals surface area (Å²) in [5.41, 5.74) is 0.766. The largest absolute Gasteiger partial charge is 0.489 e. The second kappa shape index (κ2) is 8.07. The molecular formula is C20H22N4O3. The van der Waals surface area contributed by atoms with E-state index in [9.17, 15) is 4.79 Å². The van der Waals surface area contributed by atoms with Gasteiger partial charge in [0.1, 0.15) is 12.4 Å². The highest BCUT2D eigenvalue weighted by Gasteiger charge is 2.28. The molecule has 1 fully saturated rings. The van der Waals surface area contributed by atoms with Crippen molar-refractivity contribution in [1.29, 1.82) is 0 Å². The highest BCUT2D eigenvalue weighted by molar-refractivity contribution is 5.93. The predicted octanol–water partition coefficient (Wildman–Crippen LogP) is 3.00. The van der Waals surface area contributed by atoms with Crippen LogP contribution in [0.5, 0.6) is 5.75 Å². The minimum absolute atomic E-state index is 0.0741. The second-order valence-electron chi connectivity index (χ2n) is 6.76. The number of piperidine rings is 1. The number of para-hydroxylation sites is 1. The summed E-state index contributed by atoms with van der Waals surface area (Å²) in [6.07, 6.45) is 7.13. The number of ether oxygens (including phenoxy) is 1. The van der Waals surface area contributed by atoms with Crippen molar-refractivity contribution in [2.75, 3.05) is 13.1 Å². The number of rotatable bonds is 6. The molecule has 0 N–H and O–H groups in total. The molecule has 3 aromatic rings. The number of amides is 1. The van der Waals surface area contributed by atoms with Crippen LogP contribution in [0.25, 0.3) is 0 Å². The number of nitrogens with zero attached hydrogens (tertiary/aromatic N) is 4. The molecule has 4 rings (SSSR count). The van der Waals surface area contributed by atoms with Crippen molar-refractivity contribution in [2.45, 2.75) is 26.0 Å². The highest BCUT2D eigenvalue weighted by atomic mass is 16.5. The van der Waals surface area contributed by atoms with Crippen molar-refractivity contribution in [1.82, 2.24) is 19.9 Å². The Balaban J connectivity index is 1.39. The van der Waals surface area contributed by atoms with Gasteiger partial charge in [0.15, 0.2) is 5.76 Å². The number of furan rings is 1. The maximum Gasteiger partial charge on any atom is 0.289 e. The zero-order chi connectivity index (χ0) is 18.5. The van der Waals surface area contributed by atoms with Crippen LogP contribution < -0.4 is 4.74 Å². The standard InChI is InChI=1S/C20H22N4O3/c25-20(23-10-4-5-16(13-23)14-24-11-9-21-22-24)19-17(8-12-26-19)15-27-18-6-2-1-3-7-18/h1-3,6-9,11-12,16H,4-5,10,13-15H2. The van der Waals surface area contributed by atoms with Crippen LogP contribution in [0.2, 0.25) is 0 Å². The van der Waals surface area contributed by atoms with Gasteiger partial charge >= 0.3 is 0 Å². The van der Waals surface area contributed by atoms with E-state index in [0.717, 1.165) is 37.2 Å². The van der Waals surface area contributed by atoms with E-state index in [1.807, 2.05) is 46.1 Å². The number of hydrogen-bond acceptors (Lipinski definition) is 5. The van der Waals surface area contributed by atoms with Crippen LogP contribution >= 0.6 is 0 Å². The van der Waals surface area contributed by atoms with Crippen LogP contribution in [0.15, 0.2) is 59.5 Å². The lowest BCUT2D eigenvalue weighted by Gasteiger charge is -2.32. The van der Waals surface area contributed by atoms with Crippen LogP contribution in [-0.4, -0.2) is 38.9 Å². The summed E-state index contributed by atoms with van der Waals surface area (Å²) in [6, 6.07) is 11.3. The summed E-state index contributed by atoms with van der Waals surface area (Å²) in [6.45, 7) is 2.51. The number of carbonyl (C=O) groups is 1. The molecular weight excluding hydrogens is 344 g/mol. The van der Waals surface area contributed by atoms with Gasteiger partial charge in [-0.2, -0.15) is 0 Å². The first-order chi connectivity index (χ1) is 13.3. The lowest BCUT2D eigenvalue weighted by Crippen LogP contribution is -2.41. The quantitative estimate of drug-likeness (QED) is 0.670. The van der Waals surface area contributed by atoms with E-state index >= 15 is 0 Å². The Morgan fingerprint density at radius 3 is 2.96 bits per heavy atom. The third-order valence-corrected chi connectivity index (χ3v) is 4.80. The summed E-state index contributed by atoms with van der Waals surface area (Å²) < 4.78 is 13.1. The Labute approximate surface area is 157 Å². The van der Waals surface area contributed by atoms with Crippen LogP contribution in [0.4, 0.5) is 0 Å². The van der Waals surface area contributed by atoms with Crippen molar-refractivity contribution in [2.24, 2.45) is 5.92 Å². The minimum Gasteiger partial charge on any atom is -0.489 e. The van der Waals surface area contributed by atoms with Gasteiger partial charge in [0.2, 0.25) is 0 Å². The van der Waals surface area contributed by atoms with Crippen molar-refractivity contribution in [3.05, 3.63) is 66.4 Å². The molecule has 140 valence electrons. The Bertz CT molecular complexity index is 861. The number of benzene rings is 1. The molecule has 1 unspecified atom stereocenters. The SMILES string of the molecule is O=C(c1occc1COc1ccccc1)N1CCCC(Cn2ccnn2)C1. The molecule has 0 aliphatic carbocycles. The number of likely N-dealkylation sites (tertiary alicyclic amines) is 1. The molecule has 3 heterocycles. The maximum atomic E-state index is 13.0. The molecule has 27 heavy (non-hydrogen) atoms. The van der Waals surface area contributed by atoms with E-state index < -0.39 is 0 Å². The van der Waals surface area contributed by atoms with E-state index in [1.54, 1.807) is 18.5 Å². The highest BCUT2D eigenvalue weighted by Crippen LogP contribution is 2.22. The van der Waals surface area contributed by atoms with Gasteiger partial charge in [-0.05, 0) is 37.0 Å². The van der Waals surface area contributed by atoms with Gasteiger partial charge in [0, 0.05) is 31.4 Å². The molecule has 0 radical (unpaired) electrons. The van der Waals surface area contributed by atoms with Gasteiger partial charge in [-0.3, -0.25) is 9.48 Å². The van der Waals surface area contributed by atoms with Crippen LogP contribution in [0.3, 0.4) is 0 Å². The fourth-order valence-electron chi connectivity index (χ4n) is 3.45. The van der Waals surface area contributed by atoms with Crippen molar-refractivity contribution >= 4 is 5.91 Å². The minimum atomic E-state index is -0.0741. The first kappa shape index (κ1) is 17.3. The van der Waals surface area contributed by atoms with Crippen molar-refractivity contribution < 1.29 is 13.9 Å². The van der Waals surface area contributed by atoms with Crippen molar-refractivity contribution in [3.63, 3.8) is 0 Å². The lowest BCUT2D eigenvalue weighted by molar-refractivity contribution is 0.0624. The molecule has 7 heteroatoms. The Morgan fingerprint density at radius 1 is 1.26 bits per heavy atom. The summed E-state index contributed by atoms with van der Waals surface area (Å²) in [5, 5.41) is 7.87.